The number of fused-ring (bicyclic) bond motifs is 1. The predicted molar refractivity (Wildman–Crippen MR) is 116 cm³/mol. The Balaban J connectivity index is 2.42. The smallest absolute Gasteiger partial charge is 0.297 e. The molecule has 0 heterocycles. The van der Waals surface area contributed by atoms with Crippen LogP contribution in [-0.2, 0) is 20.2 Å². The monoisotopic (exact) mass is 494 g/mol. The minimum Gasteiger partial charge on any atom is -0.505 e. The molecule has 14 nitrogen and oxygen atoms in total. The van der Waals surface area contributed by atoms with Crippen molar-refractivity contribution in [2.24, 2.45) is 15.3 Å². The highest BCUT2D eigenvalue weighted by Gasteiger charge is 2.28. The molecule has 5 N–H and O–H groups in total. The molecule has 0 amide bonds. The Morgan fingerprint density at radius 2 is 1.67 bits per heavy atom. The van der Waals surface area contributed by atoms with Gasteiger partial charge in [0, 0.05) is 22.1 Å². The molecule has 0 saturated heterocycles. The van der Waals surface area contributed by atoms with E-state index in [1.807, 2.05) is 0 Å². The molecule has 0 radical (unpaired) electrons. The lowest BCUT2D eigenvalue weighted by atomic mass is 10.1. The third kappa shape index (κ3) is 4.64. The fraction of sp³-hybridized carbons (Fsp3) is 0.0588. The number of anilines is 1. The van der Waals surface area contributed by atoms with Crippen molar-refractivity contribution in [3.63, 3.8) is 0 Å². The summed E-state index contributed by atoms with van der Waals surface area (Å²) in [6.45, 7) is 0. The van der Waals surface area contributed by atoms with Gasteiger partial charge in [-0.25, -0.2) is 0 Å². The van der Waals surface area contributed by atoms with Crippen LogP contribution in [-0.4, -0.2) is 38.2 Å². The number of azide groups is 1. The van der Waals surface area contributed by atoms with Crippen LogP contribution in [0.5, 0.6) is 11.5 Å². The van der Waals surface area contributed by atoms with Crippen molar-refractivity contribution in [1.29, 1.82) is 0 Å². The summed E-state index contributed by atoms with van der Waals surface area (Å²) in [5.41, 5.74) is 12.8. The van der Waals surface area contributed by atoms with E-state index < -0.39 is 52.8 Å². The molecule has 0 aliphatic rings. The first-order valence-corrected chi connectivity index (χ1v) is 11.4. The van der Waals surface area contributed by atoms with Gasteiger partial charge in [0.2, 0.25) is 0 Å². The summed E-state index contributed by atoms with van der Waals surface area (Å²) in [5, 5.41) is 21.0. The van der Waals surface area contributed by atoms with Gasteiger partial charge < -0.3 is 15.6 Å². The maximum Gasteiger partial charge on any atom is 0.297 e. The summed E-state index contributed by atoms with van der Waals surface area (Å²) in [5.74, 6) is -0.739. The number of aromatic hydroxyl groups is 1. The van der Waals surface area contributed by atoms with Crippen molar-refractivity contribution in [3.8, 4) is 11.5 Å². The zero-order chi connectivity index (χ0) is 24.6. The van der Waals surface area contributed by atoms with E-state index in [2.05, 4.69) is 20.3 Å². The second kappa shape index (κ2) is 8.53. The van der Waals surface area contributed by atoms with Crippen molar-refractivity contribution in [2.45, 2.75) is 9.79 Å². The van der Waals surface area contributed by atoms with E-state index in [1.165, 1.54) is 31.4 Å². The molecule has 0 atom stereocenters. The fourth-order valence-electron chi connectivity index (χ4n) is 2.93. The van der Waals surface area contributed by atoms with Crippen LogP contribution in [0.25, 0.3) is 21.2 Å². The molecule has 0 aliphatic heterocycles. The lowest BCUT2D eigenvalue weighted by Crippen LogP contribution is -2.01. The first-order valence-electron chi connectivity index (χ1n) is 8.56. The lowest BCUT2D eigenvalue weighted by Gasteiger charge is -2.13. The highest BCUT2D eigenvalue weighted by Crippen LogP contribution is 2.48. The molecule has 172 valence electrons. The van der Waals surface area contributed by atoms with Crippen LogP contribution in [0.4, 0.5) is 22.7 Å². The molecular weight excluding hydrogens is 480 g/mol. The van der Waals surface area contributed by atoms with Gasteiger partial charge in [-0.05, 0) is 41.2 Å². The largest absolute Gasteiger partial charge is 0.505 e. The number of hydrogen-bond acceptors (Lipinski definition) is 10. The number of benzene rings is 3. The van der Waals surface area contributed by atoms with Gasteiger partial charge in [-0.15, -0.1) is 10.2 Å². The summed E-state index contributed by atoms with van der Waals surface area (Å²) in [6, 6.07) is 7.14. The molecule has 0 aromatic heterocycles. The number of phenols is 1. The molecule has 0 spiro atoms. The standard InChI is InChI=1S/C17H14N6O8S2/c1-31-9-3-5-12(13(7-9)32(25,26)27)20-21-15-16(24)10-4-2-8(18)6-11(10)14(22-23-19)17(15)33(28,29)30/h2-7,24H,18H2,1H3,(H,25,26,27)(H,28,29,30). The van der Waals surface area contributed by atoms with Crippen molar-refractivity contribution >= 4 is 53.8 Å². The SMILES string of the molecule is COc1ccc(N=Nc2c(S(=O)(=O)O)c(N=[N+]=[N-])c3cc(N)ccc3c2O)c(S(=O)(=O)O)c1. The quantitative estimate of drug-likeness (QED) is 0.127. The first-order chi connectivity index (χ1) is 15.4. The Morgan fingerprint density at radius 1 is 0.970 bits per heavy atom. The van der Waals surface area contributed by atoms with Crippen molar-refractivity contribution < 1.29 is 35.8 Å². The lowest BCUT2D eigenvalue weighted by molar-refractivity contribution is 0.412. The molecule has 0 bridgehead atoms. The van der Waals surface area contributed by atoms with Crippen molar-refractivity contribution in [3.05, 3.63) is 46.8 Å². The molecule has 3 aromatic carbocycles. The van der Waals surface area contributed by atoms with Crippen molar-refractivity contribution in [1.82, 2.24) is 0 Å². The van der Waals surface area contributed by atoms with Crippen LogP contribution in [0, 0.1) is 0 Å². The number of hydrogen-bond donors (Lipinski definition) is 4. The predicted octanol–water partition coefficient (Wildman–Crippen LogP) is 3.99. The van der Waals surface area contributed by atoms with Crippen LogP contribution in [0.1, 0.15) is 0 Å². The Bertz CT molecular complexity index is 1580. The summed E-state index contributed by atoms with van der Waals surface area (Å²) in [6.07, 6.45) is 0. The van der Waals surface area contributed by atoms with Gasteiger partial charge in [0.1, 0.15) is 26.9 Å². The Morgan fingerprint density at radius 3 is 2.24 bits per heavy atom. The maximum absolute atomic E-state index is 12.1. The van der Waals surface area contributed by atoms with E-state index in [-0.39, 0.29) is 22.2 Å². The summed E-state index contributed by atoms with van der Waals surface area (Å²) < 4.78 is 71.8. The van der Waals surface area contributed by atoms with E-state index in [9.17, 15) is 31.0 Å². The Kier molecular flexibility index (Phi) is 6.13. The van der Waals surface area contributed by atoms with E-state index in [4.69, 9.17) is 16.0 Å². The molecule has 33 heavy (non-hydrogen) atoms. The normalized spacial score (nSPS) is 12.1. The third-order valence-electron chi connectivity index (χ3n) is 4.31. The van der Waals surface area contributed by atoms with Gasteiger partial charge >= 0.3 is 0 Å². The van der Waals surface area contributed by atoms with Crippen LogP contribution < -0.4 is 10.5 Å². The zero-order valence-corrected chi connectivity index (χ0v) is 18.1. The van der Waals surface area contributed by atoms with E-state index in [0.717, 1.165) is 12.1 Å². The topological polar surface area (TPSA) is 238 Å². The highest BCUT2D eigenvalue weighted by molar-refractivity contribution is 7.86. The third-order valence-corrected chi connectivity index (χ3v) is 6.10. The van der Waals surface area contributed by atoms with Crippen LogP contribution in [0.15, 0.2) is 61.5 Å². The minimum absolute atomic E-state index is 0.0528. The maximum atomic E-state index is 12.1. The van der Waals surface area contributed by atoms with Gasteiger partial charge in [-0.2, -0.15) is 16.8 Å². The summed E-state index contributed by atoms with van der Waals surface area (Å²) in [4.78, 5) is 0.713. The number of phenolic OH excluding ortho intramolecular Hbond substituents is 1. The number of azo groups is 1. The van der Waals surface area contributed by atoms with Crippen molar-refractivity contribution in [2.75, 3.05) is 12.8 Å². The molecular formula is C17H14N6O8S2. The minimum atomic E-state index is -5.17. The second-order valence-corrected chi connectivity index (χ2v) is 9.10. The molecule has 3 aromatic rings. The molecule has 0 fully saturated rings. The second-order valence-electron chi connectivity index (χ2n) is 6.35. The van der Waals surface area contributed by atoms with Crippen LogP contribution >= 0.6 is 0 Å². The molecule has 3 rings (SSSR count). The number of nitrogens with two attached hydrogens (primary N) is 1. The number of rotatable bonds is 6. The van der Waals surface area contributed by atoms with Gasteiger partial charge in [0.05, 0.1) is 12.8 Å². The summed E-state index contributed by atoms with van der Waals surface area (Å²) >= 11 is 0. The highest BCUT2D eigenvalue weighted by atomic mass is 32.2. The molecule has 0 unspecified atom stereocenters. The fourth-order valence-corrected chi connectivity index (χ4v) is 4.34. The number of methoxy groups -OCH3 is 1. The van der Waals surface area contributed by atoms with Gasteiger partial charge in [0.15, 0.2) is 5.75 Å². The van der Waals surface area contributed by atoms with Crippen LogP contribution in [0.2, 0.25) is 0 Å². The van der Waals surface area contributed by atoms with E-state index in [0.29, 0.717) is 0 Å². The first kappa shape index (κ1) is 23.7. The average molecular weight is 494 g/mol. The molecule has 0 aliphatic carbocycles. The number of nitrogens with zero attached hydrogens (tertiary/aromatic N) is 5. The number of nitrogen functional groups attached to an aromatic ring is 1. The average Bonchev–Trinajstić information content (AvgIpc) is 2.73. The Hall–Kier alpha value is -3.95. The van der Waals surface area contributed by atoms with E-state index in [1.54, 1.807) is 0 Å². The summed E-state index contributed by atoms with van der Waals surface area (Å²) in [7, 11) is -8.74. The van der Waals surface area contributed by atoms with Crippen LogP contribution in [0.3, 0.4) is 0 Å². The zero-order valence-electron chi connectivity index (χ0n) is 16.5. The number of ether oxygens (including phenoxy) is 1. The Labute approximate surface area is 186 Å². The molecule has 16 heteroatoms. The van der Waals surface area contributed by atoms with Gasteiger partial charge in [-0.3, -0.25) is 9.11 Å². The van der Waals surface area contributed by atoms with Gasteiger partial charge in [-0.1, -0.05) is 5.11 Å². The van der Waals surface area contributed by atoms with Gasteiger partial charge in [0.25, 0.3) is 20.2 Å². The molecule has 0 saturated carbocycles. The van der Waals surface area contributed by atoms with E-state index >= 15 is 0 Å².